The smallest absolute Gasteiger partial charge is 0.261 e. The second kappa shape index (κ2) is 8.02. The van der Waals surface area contributed by atoms with Crippen molar-refractivity contribution < 1.29 is 13.2 Å². The molecule has 0 spiro atoms. The van der Waals surface area contributed by atoms with Crippen LogP contribution in [0.15, 0.2) is 53.4 Å². The van der Waals surface area contributed by atoms with Gasteiger partial charge < -0.3 is 10.6 Å². The Labute approximate surface area is 148 Å². The Bertz CT molecular complexity index is 814. The number of benzene rings is 2. The fraction of sp³-hybridized carbons (Fsp3) is 0.278. The van der Waals surface area contributed by atoms with E-state index in [0.717, 1.165) is 12.2 Å². The number of sulfonamides is 1. The second-order valence-corrected chi connectivity index (χ2v) is 7.85. The Morgan fingerprint density at radius 1 is 0.920 bits per heavy atom. The van der Waals surface area contributed by atoms with Crippen molar-refractivity contribution in [3.05, 3.63) is 48.5 Å². The average molecular weight is 361 g/mol. The summed E-state index contributed by atoms with van der Waals surface area (Å²) in [6.45, 7) is 6.48. The molecule has 0 saturated heterocycles. The molecule has 0 saturated carbocycles. The largest absolute Gasteiger partial charge is 0.385 e. The number of carbonyl (C=O) groups is 1. The summed E-state index contributed by atoms with van der Waals surface area (Å²) in [7, 11) is -3.68. The molecule has 2 aromatic carbocycles. The molecule has 0 bridgehead atoms. The van der Waals surface area contributed by atoms with Crippen LogP contribution in [0.25, 0.3) is 0 Å². The summed E-state index contributed by atoms with van der Waals surface area (Å²) < 4.78 is 27.4. The van der Waals surface area contributed by atoms with E-state index in [2.05, 4.69) is 29.2 Å². The lowest BCUT2D eigenvalue weighted by molar-refractivity contribution is -0.114. The van der Waals surface area contributed by atoms with Gasteiger partial charge in [0, 0.05) is 30.5 Å². The molecule has 0 heterocycles. The van der Waals surface area contributed by atoms with Crippen LogP contribution in [0, 0.1) is 5.92 Å². The molecule has 25 heavy (non-hydrogen) atoms. The number of amides is 1. The van der Waals surface area contributed by atoms with E-state index in [1.165, 1.54) is 19.1 Å². The van der Waals surface area contributed by atoms with Gasteiger partial charge in [-0.15, -0.1) is 0 Å². The number of anilines is 3. The SMILES string of the molecule is CC(=O)Nc1ccc(S(=O)(=O)Nc2ccc(NCC(C)C)cc2)cc1. The van der Waals surface area contributed by atoms with E-state index in [1.807, 2.05) is 12.1 Å². The maximum absolute atomic E-state index is 12.4. The number of carbonyl (C=O) groups excluding carboxylic acids is 1. The fourth-order valence-corrected chi connectivity index (χ4v) is 3.17. The number of hydrogen-bond acceptors (Lipinski definition) is 4. The molecule has 3 N–H and O–H groups in total. The van der Waals surface area contributed by atoms with Gasteiger partial charge in [0.25, 0.3) is 10.0 Å². The van der Waals surface area contributed by atoms with Crippen LogP contribution >= 0.6 is 0 Å². The Kier molecular flexibility index (Phi) is 6.03. The van der Waals surface area contributed by atoms with E-state index >= 15 is 0 Å². The molecule has 0 aliphatic carbocycles. The molecule has 1 amide bonds. The van der Waals surface area contributed by atoms with Gasteiger partial charge in [-0.2, -0.15) is 0 Å². The van der Waals surface area contributed by atoms with Gasteiger partial charge in [0.15, 0.2) is 0 Å². The normalized spacial score (nSPS) is 11.2. The molecule has 2 aromatic rings. The monoisotopic (exact) mass is 361 g/mol. The summed E-state index contributed by atoms with van der Waals surface area (Å²) in [6, 6.07) is 13.1. The van der Waals surface area contributed by atoms with Crippen LogP contribution in [0.3, 0.4) is 0 Å². The summed E-state index contributed by atoms with van der Waals surface area (Å²) in [5.74, 6) is 0.318. The molecule has 7 heteroatoms. The Balaban J connectivity index is 2.06. The standard InChI is InChI=1S/C18H23N3O3S/c1-13(2)12-19-15-4-6-17(7-5-15)21-25(23,24)18-10-8-16(9-11-18)20-14(3)22/h4-11,13,19,21H,12H2,1-3H3,(H,20,22). The first-order valence-corrected chi connectivity index (χ1v) is 9.49. The van der Waals surface area contributed by atoms with Crippen LogP contribution in [0.4, 0.5) is 17.1 Å². The highest BCUT2D eigenvalue weighted by atomic mass is 32.2. The highest BCUT2D eigenvalue weighted by Crippen LogP contribution is 2.20. The van der Waals surface area contributed by atoms with Gasteiger partial charge in [-0.25, -0.2) is 8.42 Å². The molecule has 0 aliphatic heterocycles. The highest BCUT2D eigenvalue weighted by molar-refractivity contribution is 7.92. The van der Waals surface area contributed by atoms with Crippen molar-refractivity contribution >= 4 is 33.0 Å². The highest BCUT2D eigenvalue weighted by Gasteiger charge is 2.14. The van der Waals surface area contributed by atoms with Crippen LogP contribution < -0.4 is 15.4 Å². The van der Waals surface area contributed by atoms with Crippen molar-refractivity contribution in [2.75, 3.05) is 21.9 Å². The van der Waals surface area contributed by atoms with Crippen LogP contribution in [0.5, 0.6) is 0 Å². The minimum Gasteiger partial charge on any atom is -0.385 e. The van der Waals surface area contributed by atoms with Crippen molar-refractivity contribution in [3.8, 4) is 0 Å². The molecule has 0 atom stereocenters. The average Bonchev–Trinajstić information content (AvgIpc) is 2.54. The first kappa shape index (κ1) is 18.8. The first-order valence-electron chi connectivity index (χ1n) is 8.00. The van der Waals surface area contributed by atoms with Gasteiger partial charge in [-0.3, -0.25) is 9.52 Å². The van der Waals surface area contributed by atoms with Crippen molar-refractivity contribution in [1.29, 1.82) is 0 Å². The Hall–Kier alpha value is -2.54. The van der Waals surface area contributed by atoms with Gasteiger partial charge in [0.2, 0.25) is 5.91 Å². The van der Waals surface area contributed by atoms with Gasteiger partial charge in [0.1, 0.15) is 0 Å². The van der Waals surface area contributed by atoms with E-state index in [1.54, 1.807) is 24.3 Å². The molecule has 0 aromatic heterocycles. The minimum atomic E-state index is -3.68. The third kappa shape index (κ3) is 5.79. The minimum absolute atomic E-state index is 0.128. The summed E-state index contributed by atoms with van der Waals surface area (Å²) in [5, 5.41) is 5.87. The van der Waals surface area contributed by atoms with E-state index in [-0.39, 0.29) is 10.8 Å². The van der Waals surface area contributed by atoms with Crippen molar-refractivity contribution in [2.45, 2.75) is 25.7 Å². The van der Waals surface area contributed by atoms with E-state index < -0.39 is 10.0 Å². The zero-order valence-corrected chi connectivity index (χ0v) is 15.4. The third-order valence-corrected chi connectivity index (χ3v) is 4.73. The molecule has 0 unspecified atom stereocenters. The number of nitrogens with one attached hydrogen (secondary N) is 3. The molecular weight excluding hydrogens is 338 g/mol. The van der Waals surface area contributed by atoms with Gasteiger partial charge in [-0.05, 0) is 54.4 Å². The lowest BCUT2D eigenvalue weighted by Gasteiger charge is -2.11. The summed E-state index contributed by atoms with van der Waals surface area (Å²) in [4.78, 5) is 11.1. The zero-order chi connectivity index (χ0) is 18.4. The maximum atomic E-state index is 12.4. The van der Waals surface area contributed by atoms with E-state index in [4.69, 9.17) is 0 Å². The quantitative estimate of drug-likeness (QED) is 0.704. The van der Waals surface area contributed by atoms with E-state index in [9.17, 15) is 13.2 Å². The van der Waals surface area contributed by atoms with Crippen LogP contribution in [0.1, 0.15) is 20.8 Å². The Morgan fingerprint density at radius 2 is 1.44 bits per heavy atom. The number of rotatable bonds is 7. The molecule has 0 aliphatic rings. The molecule has 6 nitrogen and oxygen atoms in total. The lowest BCUT2D eigenvalue weighted by Crippen LogP contribution is -2.13. The predicted molar refractivity (Wildman–Crippen MR) is 101 cm³/mol. The van der Waals surface area contributed by atoms with Crippen LogP contribution in [-0.4, -0.2) is 20.9 Å². The van der Waals surface area contributed by atoms with Crippen molar-refractivity contribution in [1.82, 2.24) is 0 Å². The Morgan fingerprint density at radius 3 is 1.96 bits per heavy atom. The summed E-state index contributed by atoms with van der Waals surface area (Å²) in [5.41, 5.74) is 1.98. The first-order chi connectivity index (χ1) is 11.8. The second-order valence-electron chi connectivity index (χ2n) is 6.16. The topological polar surface area (TPSA) is 87.3 Å². The van der Waals surface area contributed by atoms with Crippen molar-refractivity contribution in [3.63, 3.8) is 0 Å². The van der Waals surface area contributed by atoms with Gasteiger partial charge >= 0.3 is 0 Å². The van der Waals surface area contributed by atoms with Gasteiger partial charge in [0.05, 0.1) is 4.90 Å². The predicted octanol–water partition coefficient (Wildman–Crippen LogP) is 3.51. The fourth-order valence-electron chi connectivity index (χ4n) is 2.11. The molecule has 134 valence electrons. The zero-order valence-electron chi connectivity index (χ0n) is 14.5. The van der Waals surface area contributed by atoms with Crippen LogP contribution in [0.2, 0.25) is 0 Å². The van der Waals surface area contributed by atoms with Crippen molar-refractivity contribution in [2.24, 2.45) is 5.92 Å². The van der Waals surface area contributed by atoms with Gasteiger partial charge in [-0.1, -0.05) is 13.8 Å². The summed E-state index contributed by atoms with van der Waals surface area (Å²) >= 11 is 0. The maximum Gasteiger partial charge on any atom is 0.261 e. The van der Waals surface area contributed by atoms with E-state index in [0.29, 0.717) is 17.3 Å². The summed E-state index contributed by atoms with van der Waals surface area (Å²) in [6.07, 6.45) is 0. The molecular formula is C18H23N3O3S. The molecule has 2 rings (SSSR count). The third-order valence-electron chi connectivity index (χ3n) is 3.34. The molecule has 0 fully saturated rings. The molecule has 0 radical (unpaired) electrons. The van der Waals surface area contributed by atoms with Crippen LogP contribution in [-0.2, 0) is 14.8 Å². The number of hydrogen-bond donors (Lipinski definition) is 3. The lowest BCUT2D eigenvalue weighted by atomic mass is 10.2.